The molecule has 0 heteroatoms. The third-order valence-electron chi connectivity index (χ3n) is 4.56. The summed E-state index contributed by atoms with van der Waals surface area (Å²) in [5, 5.41) is 0. The first-order chi connectivity index (χ1) is 4.17. The Morgan fingerprint density at radius 3 is 2.11 bits per heavy atom. The molecule has 2 saturated carbocycles. The van der Waals surface area contributed by atoms with E-state index in [1.807, 2.05) is 0 Å². The number of hydrogen-bond donors (Lipinski definition) is 0. The van der Waals surface area contributed by atoms with Crippen molar-refractivity contribution in [1.82, 2.24) is 0 Å². The van der Waals surface area contributed by atoms with E-state index in [9.17, 15) is 0 Å². The Bertz CT molecular complexity index is 146. The summed E-state index contributed by atoms with van der Waals surface area (Å²) in [6, 6.07) is 0. The second-order valence-corrected chi connectivity index (χ2v) is 4.15. The molecule has 0 aromatic rings. The van der Waals surface area contributed by atoms with Crippen molar-refractivity contribution in [2.75, 3.05) is 0 Å². The summed E-state index contributed by atoms with van der Waals surface area (Å²) < 4.78 is 0. The molecular weight excluding hydrogens is 108 g/mol. The standard InChI is InChI=1S/C9H16/c1-4-9-6-5-8(9,3)7(9)2/h7H,4-6H2,1-3H3. The van der Waals surface area contributed by atoms with Crippen molar-refractivity contribution < 1.29 is 0 Å². The highest BCUT2D eigenvalue weighted by molar-refractivity contribution is 5.23. The van der Waals surface area contributed by atoms with Gasteiger partial charge in [0.05, 0.1) is 0 Å². The minimum atomic E-state index is 0.793. The van der Waals surface area contributed by atoms with Gasteiger partial charge >= 0.3 is 0 Å². The minimum absolute atomic E-state index is 0.793. The van der Waals surface area contributed by atoms with Crippen molar-refractivity contribution in [3.63, 3.8) is 0 Å². The van der Waals surface area contributed by atoms with Gasteiger partial charge in [0.1, 0.15) is 0 Å². The predicted molar refractivity (Wildman–Crippen MR) is 39.2 cm³/mol. The molecule has 2 fully saturated rings. The predicted octanol–water partition coefficient (Wildman–Crippen LogP) is 2.83. The van der Waals surface area contributed by atoms with Crippen molar-refractivity contribution in [1.29, 1.82) is 0 Å². The van der Waals surface area contributed by atoms with Gasteiger partial charge in [-0.1, -0.05) is 20.8 Å². The molecule has 3 unspecified atom stereocenters. The maximum Gasteiger partial charge on any atom is -0.0212 e. The highest BCUT2D eigenvalue weighted by Crippen LogP contribution is 2.82. The first-order valence-corrected chi connectivity index (χ1v) is 4.17. The van der Waals surface area contributed by atoms with Gasteiger partial charge in [-0.3, -0.25) is 0 Å². The lowest BCUT2D eigenvalue weighted by molar-refractivity contribution is 0.190. The Kier molecular flexibility index (Phi) is 0.774. The maximum absolute atomic E-state index is 2.46. The molecule has 0 heterocycles. The Balaban J connectivity index is 2.21. The van der Waals surface area contributed by atoms with E-state index >= 15 is 0 Å². The lowest BCUT2D eigenvalue weighted by atomic mass is 9.74. The molecule has 52 valence electrons. The van der Waals surface area contributed by atoms with Gasteiger partial charge in [-0.25, -0.2) is 0 Å². The lowest BCUT2D eigenvalue weighted by Crippen LogP contribution is -2.21. The summed E-state index contributed by atoms with van der Waals surface area (Å²) in [5.41, 5.74) is 1.62. The number of rotatable bonds is 1. The smallest absolute Gasteiger partial charge is 0.0212 e. The van der Waals surface area contributed by atoms with E-state index in [2.05, 4.69) is 20.8 Å². The molecule has 9 heavy (non-hydrogen) atoms. The van der Waals surface area contributed by atoms with E-state index in [-0.39, 0.29) is 0 Å². The zero-order valence-electron chi connectivity index (χ0n) is 6.70. The molecule has 0 aromatic heterocycles. The summed E-state index contributed by atoms with van der Waals surface area (Å²) in [6.45, 7) is 7.24. The van der Waals surface area contributed by atoms with Crippen LogP contribution in [0.5, 0.6) is 0 Å². The van der Waals surface area contributed by atoms with Gasteiger partial charge in [-0.05, 0) is 36.0 Å². The zero-order chi connectivity index (χ0) is 6.70. The van der Waals surface area contributed by atoms with Crippen LogP contribution in [0.3, 0.4) is 0 Å². The molecular formula is C9H16. The van der Waals surface area contributed by atoms with E-state index in [0.717, 1.165) is 16.7 Å². The summed E-state index contributed by atoms with van der Waals surface area (Å²) >= 11 is 0. The molecule has 0 nitrogen and oxygen atoms in total. The molecule has 2 aliphatic carbocycles. The molecule has 0 saturated heterocycles. The Hall–Kier alpha value is 0. The second-order valence-electron chi connectivity index (χ2n) is 4.15. The molecule has 0 bridgehead atoms. The average Bonchev–Trinajstić information content (AvgIpc) is 2.13. The van der Waals surface area contributed by atoms with E-state index in [1.54, 1.807) is 0 Å². The van der Waals surface area contributed by atoms with E-state index < -0.39 is 0 Å². The normalized spacial score (nSPS) is 62.3. The molecule has 2 aliphatic rings. The van der Waals surface area contributed by atoms with Crippen molar-refractivity contribution in [2.24, 2.45) is 16.7 Å². The third-order valence-corrected chi connectivity index (χ3v) is 4.56. The Morgan fingerprint density at radius 2 is 2.11 bits per heavy atom. The van der Waals surface area contributed by atoms with Crippen LogP contribution in [-0.2, 0) is 0 Å². The summed E-state index contributed by atoms with van der Waals surface area (Å²) in [5.74, 6) is 1.04. The minimum Gasteiger partial charge on any atom is -0.0648 e. The molecule has 0 radical (unpaired) electrons. The quantitative estimate of drug-likeness (QED) is 0.504. The topological polar surface area (TPSA) is 0 Å². The Labute approximate surface area is 57.6 Å². The van der Waals surface area contributed by atoms with E-state index in [1.165, 1.54) is 19.3 Å². The van der Waals surface area contributed by atoms with Crippen LogP contribution >= 0.6 is 0 Å². The largest absolute Gasteiger partial charge is 0.0648 e. The van der Waals surface area contributed by atoms with Crippen LogP contribution in [0, 0.1) is 16.7 Å². The highest BCUT2D eigenvalue weighted by atomic mass is 14.8. The summed E-state index contributed by atoms with van der Waals surface area (Å²) in [6.07, 6.45) is 4.44. The van der Waals surface area contributed by atoms with Crippen molar-refractivity contribution in [2.45, 2.75) is 40.0 Å². The van der Waals surface area contributed by atoms with Crippen LogP contribution in [0.4, 0.5) is 0 Å². The van der Waals surface area contributed by atoms with Gasteiger partial charge in [0.25, 0.3) is 0 Å². The fourth-order valence-corrected chi connectivity index (χ4v) is 3.27. The monoisotopic (exact) mass is 124 g/mol. The molecule has 0 aliphatic heterocycles. The van der Waals surface area contributed by atoms with Gasteiger partial charge in [-0.15, -0.1) is 0 Å². The first-order valence-electron chi connectivity index (χ1n) is 4.17. The molecule has 0 N–H and O–H groups in total. The number of hydrogen-bond acceptors (Lipinski definition) is 0. The summed E-state index contributed by atoms with van der Waals surface area (Å²) in [7, 11) is 0. The SMILES string of the molecule is CCC12CCC1(C)C2C. The van der Waals surface area contributed by atoms with E-state index in [0.29, 0.717) is 0 Å². The fourth-order valence-electron chi connectivity index (χ4n) is 3.27. The highest BCUT2D eigenvalue weighted by Gasteiger charge is 2.75. The average molecular weight is 124 g/mol. The first kappa shape index (κ1) is 5.76. The Morgan fingerprint density at radius 1 is 1.44 bits per heavy atom. The van der Waals surface area contributed by atoms with Gasteiger partial charge in [-0.2, -0.15) is 0 Å². The molecule has 2 rings (SSSR count). The molecule has 3 atom stereocenters. The molecule has 0 aromatic carbocycles. The van der Waals surface area contributed by atoms with Gasteiger partial charge in [0, 0.05) is 0 Å². The van der Waals surface area contributed by atoms with E-state index in [4.69, 9.17) is 0 Å². The van der Waals surface area contributed by atoms with Crippen LogP contribution in [0.2, 0.25) is 0 Å². The fraction of sp³-hybridized carbons (Fsp3) is 1.00. The lowest BCUT2D eigenvalue weighted by Gasteiger charge is -2.31. The molecule has 0 amide bonds. The van der Waals surface area contributed by atoms with Gasteiger partial charge in [0.15, 0.2) is 0 Å². The van der Waals surface area contributed by atoms with Crippen LogP contribution < -0.4 is 0 Å². The third kappa shape index (κ3) is 0.342. The van der Waals surface area contributed by atoms with Gasteiger partial charge in [0.2, 0.25) is 0 Å². The molecule has 0 spiro atoms. The van der Waals surface area contributed by atoms with Crippen molar-refractivity contribution >= 4 is 0 Å². The van der Waals surface area contributed by atoms with Crippen LogP contribution in [0.15, 0.2) is 0 Å². The van der Waals surface area contributed by atoms with Crippen LogP contribution in [0.25, 0.3) is 0 Å². The van der Waals surface area contributed by atoms with Crippen LogP contribution in [-0.4, -0.2) is 0 Å². The van der Waals surface area contributed by atoms with Crippen molar-refractivity contribution in [3.8, 4) is 0 Å². The summed E-state index contributed by atoms with van der Waals surface area (Å²) in [4.78, 5) is 0. The second kappa shape index (κ2) is 1.21. The zero-order valence-corrected chi connectivity index (χ0v) is 6.70. The van der Waals surface area contributed by atoms with Crippen LogP contribution in [0.1, 0.15) is 40.0 Å². The number of fused-ring (bicyclic) bond motifs is 1. The van der Waals surface area contributed by atoms with Crippen molar-refractivity contribution in [3.05, 3.63) is 0 Å². The maximum atomic E-state index is 2.46. The van der Waals surface area contributed by atoms with Gasteiger partial charge < -0.3 is 0 Å².